The molecule has 0 fully saturated rings. The predicted molar refractivity (Wildman–Crippen MR) is 89.9 cm³/mol. The topological polar surface area (TPSA) is 55.8 Å². The summed E-state index contributed by atoms with van der Waals surface area (Å²) in [6.07, 6.45) is 1.83. The first-order chi connectivity index (χ1) is 11.1. The van der Waals surface area contributed by atoms with Crippen LogP contribution in [-0.4, -0.2) is 24.3 Å². The number of methoxy groups -OCH3 is 1. The molecule has 4 nitrogen and oxygen atoms in total. The van der Waals surface area contributed by atoms with Gasteiger partial charge in [0.05, 0.1) is 7.11 Å². The lowest BCUT2D eigenvalue weighted by Gasteiger charge is -2.14. The molecule has 0 heterocycles. The normalized spacial score (nSPS) is 11.5. The first-order valence-electron chi connectivity index (χ1n) is 7.39. The highest BCUT2D eigenvalue weighted by molar-refractivity contribution is 5.73. The zero-order chi connectivity index (χ0) is 16.7. The zero-order valence-corrected chi connectivity index (χ0v) is 13.1. The molecule has 0 amide bonds. The first kappa shape index (κ1) is 16.6. The lowest BCUT2D eigenvalue weighted by Crippen LogP contribution is -2.26. The van der Waals surface area contributed by atoms with Crippen LogP contribution < -0.4 is 9.47 Å². The third-order valence-corrected chi connectivity index (χ3v) is 3.46. The average Bonchev–Trinajstić information content (AvgIpc) is 2.59. The maximum Gasteiger partial charge on any atom is 0.344 e. The molecule has 0 aliphatic rings. The largest absolute Gasteiger partial charge is 0.497 e. The zero-order valence-electron chi connectivity index (χ0n) is 13.1. The van der Waals surface area contributed by atoms with Crippen molar-refractivity contribution in [1.29, 1.82) is 0 Å². The van der Waals surface area contributed by atoms with Gasteiger partial charge in [-0.1, -0.05) is 30.3 Å². The number of allylic oxidation sites excluding steroid dienone is 1. The monoisotopic (exact) mass is 312 g/mol. The molecule has 120 valence electrons. The number of benzene rings is 2. The minimum atomic E-state index is -0.967. The van der Waals surface area contributed by atoms with Crippen LogP contribution in [0.25, 0.3) is 11.1 Å². The average molecular weight is 312 g/mol. The molecule has 0 saturated heterocycles. The maximum absolute atomic E-state index is 11.2. The molecule has 2 aromatic carbocycles. The number of rotatable bonds is 8. The molecule has 0 bridgehead atoms. The summed E-state index contributed by atoms with van der Waals surface area (Å²) >= 11 is 0. The standard InChI is InChI=1S/C19H20O4/c1-3-4-5-18(19(20)21)23-17-12-8-15(9-13-17)14-6-10-16(22-2)11-7-14/h3,6-13,18H,1,4-5H2,2H3,(H,20,21). The SMILES string of the molecule is C=CCCC(Oc1ccc(-c2ccc(OC)cc2)cc1)C(=O)O. The number of aliphatic carboxylic acids is 1. The quantitative estimate of drug-likeness (QED) is 0.744. The van der Waals surface area contributed by atoms with Gasteiger partial charge in [0, 0.05) is 0 Å². The maximum atomic E-state index is 11.2. The lowest BCUT2D eigenvalue weighted by atomic mass is 10.1. The highest BCUT2D eigenvalue weighted by atomic mass is 16.5. The van der Waals surface area contributed by atoms with Gasteiger partial charge in [-0.2, -0.15) is 0 Å². The number of hydrogen-bond acceptors (Lipinski definition) is 3. The molecule has 0 radical (unpaired) electrons. The van der Waals surface area contributed by atoms with E-state index in [2.05, 4.69) is 6.58 Å². The highest BCUT2D eigenvalue weighted by Gasteiger charge is 2.18. The Morgan fingerprint density at radius 2 is 1.61 bits per heavy atom. The molecule has 4 heteroatoms. The molecule has 1 unspecified atom stereocenters. The van der Waals surface area contributed by atoms with E-state index in [1.807, 2.05) is 36.4 Å². The molecule has 23 heavy (non-hydrogen) atoms. The summed E-state index contributed by atoms with van der Waals surface area (Å²) < 4.78 is 10.7. The Labute approximate surface area is 136 Å². The van der Waals surface area contributed by atoms with Crippen LogP contribution in [0.3, 0.4) is 0 Å². The number of carboxylic acid groups (broad SMARTS) is 1. The van der Waals surface area contributed by atoms with Crippen LogP contribution in [-0.2, 0) is 4.79 Å². The molecular formula is C19H20O4. The van der Waals surface area contributed by atoms with E-state index >= 15 is 0 Å². The second kappa shape index (κ2) is 8.03. The summed E-state index contributed by atoms with van der Waals surface area (Å²) in [5, 5.41) is 9.17. The predicted octanol–water partition coefficient (Wildman–Crippen LogP) is 4.16. The van der Waals surface area contributed by atoms with Crippen molar-refractivity contribution < 1.29 is 19.4 Å². The summed E-state index contributed by atoms with van der Waals surface area (Å²) in [4.78, 5) is 11.2. The van der Waals surface area contributed by atoms with Gasteiger partial charge < -0.3 is 14.6 Å². The van der Waals surface area contributed by atoms with Crippen molar-refractivity contribution in [1.82, 2.24) is 0 Å². The van der Waals surface area contributed by atoms with Crippen LogP contribution >= 0.6 is 0 Å². The van der Waals surface area contributed by atoms with Gasteiger partial charge in [-0.15, -0.1) is 6.58 Å². The van der Waals surface area contributed by atoms with Crippen LogP contribution in [0.15, 0.2) is 61.2 Å². The fourth-order valence-electron chi connectivity index (χ4n) is 2.18. The van der Waals surface area contributed by atoms with Gasteiger partial charge >= 0.3 is 5.97 Å². The van der Waals surface area contributed by atoms with E-state index in [4.69, 9.17) is 9.47 Å². The van der Waals surface area contributed by atoms with Gasteiger partial charge in [0.25, 0.3) is 0 Å². The summed E-state index contributed by atoms with van der Waals surface area (Å²) in [6, 6.07) is 15.1. The smallest absolute Gasteiger partial charge is 0.344 e. The van der Waals surface area contributed by atoms with Crippen molar-refractivity contribution in [2.24, 2.45) is 0 Å². The van der Waals surface area contributed by atoms with Crippen LogP contribution in [0.4, 0.5) is 0 Å². The van der Waals surface area contributed by atoms with Crippen molar-refractivity contribution in [2.75, 3.05) is 7.11 Å². The van der Waals surface area contributed by atoms with Crippen LogP contribution in [0.5, 0.6) is 11.5 Å². The second-order valence-corrected chi connectivity index (χ2v) is 5.06. The lowest BCUT2D eigenvalue weighted by molar-refractivity contribution is -0.145. The van der Waals surface area contributed by atoms with E-state index < -0.39 is 12.1 Å². The minimum Gasteiger partial charge on any atom is -0.497 e. The molecule has 1 N–H and O–H groups in total. The van der Waals surface area contributed by atoms with Gasteiger partial charge in [0.15, 0.2) is 6.10 Å². The van der Waals surface area contributed by atoms with Crippen molar-refractivity contribution in [3.8, 4) is 22.6 Å². The number of ether oxygens (including phenoxy) is 2. The fourth-order valence-corrected chi connectivity index (χ4v) is 2.18. The molecule has 2 rings (SSSR count). The minimum absolute atomic E-state index is 0.402. The fraction of sp³-hybridized carbons (Fsp3) is 0.211. The Morgan fingerprint density at radius 3 is 2.04 bits per heavy atom. The Balaban J connectivity index is 2.08. The van der Waals surface area contributed by atoms with E-state index in [-0.39, 0.29) is 0 Å². The summed E-state index contributed by atoms with van der Waals surface area (Å²) in [7, 11) is 1.63. The van der Waals surface area contributed by atoms with Crippen LogP contribution in [0.1, 0.15) is 12.8 Å². The molecule has 1 atom stereocenters. The van der Waals surface area contributed by atoms with Crippen molar-refractivity contribution in [3.63, 3.8) is 0 Å². The Morgan fingerprint density at radius 1 is 1.09 bits per heavy atom. The van der Waals surface area contributed by atoms with Crippen molar-refractivity contribution in [2.45, 2.75) is 18.9 Å². The third-order valence-electron chi connectivity index (χ3n) is 3.46. The molecule has 0 aromatic heterocycles. The summed E-state index contributed by atoms with van der Waals surface area (Å²) in [5.74, 6) is 0.380. The molecular weight excluding hydrogens is 292 g/mol. The molecule has 0 aliphatic heterocycles. The Kier molecular flexibility index (Phi) is 5.80. The molecule has 0 saturated carbocycles. The van der Waals surface area contributed by atoms with Gasteiger partial charge in [0.1, 0.15) is 11.5 Å². The van der Waals surface area contributed by atoms with E-state index in [9.17, 15) is 9.90 Å². The highest BCUT2D eigenvalue weighted by Crippen LogP contribution is 2.25. The first-order valence-corrected chi connectivity index (χ1v) is 7.39. The molecule has 2 aromatic rings. The van der Waals surface area contributed by atoms with E-state index in [1.165, 1.54) is 0 Å². The van der Waals surface area contributed by atoms with Gasteiger partial charge in [-0.05, 0) is 48.2 Å². The Hall–Kier alpha value is -2.75. The van der Waals surface area contributed by atoms with E-state index in [1.54, 1.807) is 25.3 Å². The molecule has 0 aliphatic carbocycles. The van der Waals surface area contributed by atoms with Crippen LogP contribution in [0.2, 0.25) is 0 Å². The second-order valence-electron chi connectivity index (χ2n) is 5.06. The van der Waals surface area contributed by atoms with Crippen molar-refractivity contribution in [3.05, 3.63) is 61.2 Å². The summed E-state index contributed by atoms with van der Waals surface area (Å²) in [6.45, 7) is 3.60. The number of carboxylic acids is 1. The van der Waals surface area contributed by atoms with Crippen molar-refractivity contribution >= 4 is 5.97 Å². The van der Waals surface area contributed by atoms with Gasteiger partial charge in [-0.3, -0.25) is 0 Å². The van der Waals surface area contributed by atoms with Gasteiger partial charge in [0.2, 0.25) is 0 Å². The Bertz CT molecular complexity index is 644. The number of hydrogen-bond donors (Lipinski definition) is 1. The van der Waals surface area contributed by atoms with E-state index in [0.29, 0.717) is 18.6 Å². The third kappa shape index (κ3) is 4.61. The van der Waals surface area contributed by atoms with Crippen LogP contribution in [0, 0.1) is 0 Å². The summed E-state index contributed by atoms with van der Waals surface area (Å²) in [5.41, 5.74) is 2.08. The van der Waals surface area contributed by atoms with Gasteiger partial charge in [-0.25, -0.2) is 4.79 Å². The molecule has 0 spiro atoms. The number of carbonyl (C=O) groups is 1. The van der Waals surface area contributed by atoms with E-state index in [0.717, 1.165) is 16.9 Å².